The number of halogens is 4. The monoisotopic (exact) mass is 534 g/mol. The number of nitrogens with zero attached hydrogens (tertiary/aromatic N) is 4. The number of hydrogen-bond donors (Lipinski definition) is 2. The van der Waals surface area contributed by atoms with E-state index in [1.165, 1.54) is 30.5 Å². The molecular formula is C28H22F4N6O. The fourth-order valence-corrected chi connectivity index (χ4v) is 3.75. The van der Waals surface area contributed by atoms with Gasteiger partial charge in [-0.1, -0.05) is 42.5 Å². The fraction of sp³-hybridized carbons (Fsp3) is 0.143. The zero-order chi connectivity index (χ0) is 27.2. The lowest BCUT2D eigenvalue weighted by Gasteiger charge is -2.13. The molecule has 0 atom stereocenters. The summed E-state index contributed by atoms with van der Waals surface area (Å²) in [5, 5.41) is 5.35. The average molecular weight is 535 g/mol. The number of fused-ring (bicyclic) bond motifs is 1. The van der Waals surface area contributed by atoms with Crippen molar-refractivity contribution in [2.75, 3.05) is 17.2 Å². The molecule has 11 heteroatoms. The number of rotatable bonds is 9. The van der Waals surface area contributed by atoms with Crippen LogP contribution in [0.25, 0.3) is 22.4 Å². The second-order valence-corrected chi connectivity index (χ2v) is 8.57. The summed E-state index contributed by atoms with van der Waals surface area (Å²) in [6.45, 7) is -0.628. The summed E-state index contributed by atoms with van der Waals surface area (Å²) < 4.78 is 58.1. The summed E-state index contributed by atoms with van der Waals surface area (Å²) >= 11 is 0. The molecular weight excluding hydrogens is 512 g/mol. The minimum absolute atomic E-state index is 0.0617. The molecule has 0 saturated carbocycles. The SMILES string of the molecule is Fc1ccc(-c2cnc3nc(NCc4cccc(COc5ccccc5)c4)nc(NCC(F)(F)F)c3n2)cc1. The maximum absolute atomic E-state index is 13.3. The predicted molar refractivity (Wildman–Crippen MR) is 140 cm³/mol. The molecule has 0 saturated heterocycles. The second-order valence-electron chi connectivity index (χ2n) is 8.57. The number of para-hydroxylation sites is 1. The Morgan fingerprint density at radius 2 is 1.56 bits per heavy atom. The Hall–Kier alpha value is -4.80. The Kier molecular flexibility index (Phi) is 7.48. The lowest BCUT2D eigenvalue weighted by molar-refractivity contribution is -0.115. The van der Waals surface area contributed by atoms with Gasteiger partial charge < -0.3 is 15.4 Å². The van der Waals surface area contributed by atoms with E-state index in [-0.39, 0.29) is 22.9 Å². The van der Waals surface area contributed by atoms with E-state index in [1.807, 2.05) is 54.6 Å². The molecule has 0 aliphatic heterocycles. The minimum Gasteiger partial charge on any atom is -0.489 e. The van der Waals surface area contributed by atoms with Crippen LogP contribution < -0.4 is 15.4 Å². The van der Waals surface area contributed by atoms with Crippen molar-refractivity contribution < 1.29 is 22.3 Å². The number of alkyl halides is 3. The van der Waals surface area contributed by atoms with Gasteiger partial charge >= 0.3 is 6.18 Å². The molecule has 5 rings (SSSR count). The smallest absolute Gasteiger partial charge is 0.405 e. The van der Waals surface area contributed by atoms with Crippen LogP contribution in [0.15, 0.2) is 85.1 Å². The van der Waals surface area contributed by atoms with Crippen molar-refractivity contribution in [1.29, 1.82) is 0 Å². The van der Waals surface area contributed by atoms with Crippen molar-refractivity contribution in [3.05, 3.63) is 102 Å². The average Bonchev–Trinajstić information content (AvgIpc) is 2.94. The summed E-state index contributed by atoms with van der Waals surface area (Å²) in [5.74, 6) is 0.296. The van der Waals surface area contributed by atoms with Crippen molar-refractivity contribution in [1.82, 2.24) is 19.9 Å². The molecule has 0 spiro atoms. The molecule has 2 aromatic heterocycles. The van der Waals surface area contributed by atoms with Gasteiger partial charge in [0.1, 0.15) is 24.7 Å². The van der Waals surface area contributed by atoms with E-state index >= 15 is 0 Å². The predicted octanol–water partition coefficient (Wildman–Crippen LogP) is 6.39. The van der Waals surface area contributed by atoms with Gasteiger partial charge in [0.15, 0.2) is 17.0 Å². The maximum Gasteiger partial charge on any atom is 0.405 e. The van der Waals surface area contributed by atoms with Crippen LogP contribution in [-0.4, -0.2) is 32.7 Å². The highest BCUT2D eigenvalue weighted by Crippen LogP contribution is 2.25. The number of benzene rings is 3. The highest BCUT2D eigenvalue weighted by atomic mass is 19.4. The Morgan fingerprint density at radius 3 is 2.33 bits per heavy atom. The second kappa shape index (κ2) is 11.3. The lowest BCUT2D eigenvalue weighted by Crippen LogP contribution is -2.22. The van der Waals surface area contributed by atoms with E-state index in [9.17, 15) is 17.6 Å². The quantitative estimate of drug-likeness (QED) is 0.212. The van der Waals surface area contributed by atoms with Gasteiger partial charge in [-0.2, -0.15) is 23.1 Å². The van der Waals surface area contributed by atoms with E-state index in [0.29, 0.717) is 24.4 Å². The van der Waals surface area contributed by atoms with Gasteiger partial charge in [0.2, 0.25) is 5.95 Å². The molecule has 0 amide bonds. The molecule has 39 heavy (non-hydrogen) atoms. The van der Waals surface area contributed by atoms with Gasteiger partial charge in [0.05, 0.1) is 11.9 Å². The Balaban J connectivity index is 1.36. The molecule has 0 radical (unpaired) electrons. The highest BCUT2D eigenvalue weighted by Gasteiger charge is 2.27. The third kappa shape index (κ3) is 6.95. The summed E-state index contributed by atoms with van der Waals surface area (Å²) in [6, 6.07) is 22.7. The normalized spacial score (nSPS) is 11.4. The highest BCUT2D eigenvalue weighted by molar-refractivity contribution is 5.85. The molecule has 0 aliphatic carbocycles. The van der Waals surface area contributed by atoms with Crippen LogP contribution in [-0.2, 0) is 13.2 Å². The maximum atomic E-state index is 13.3. The molecule has 198 valence electrons. The van der Waals surface area contributed by atoms with Crippen molar-refractivity contribution in [3.8, 4) is 17.0 Å². The zero-order valence-corrected chi connectivity index (χ0v) is 20.4. The van der Waals surface area contributed by atoms with Crippen LogP contribution in [0.2, 0.25) is 0 Å². The van der Waals surface area contributed by atoms with Crippen LogP contribution in [0.1, 0.15) is 11.1 Å². The number of ether oxygens (including phenoxy) is 1. The van der Waals surface area contributed by atoms with Crippen LogP contribution in [0.4, 0.5) is 29.3 Å². The van der Waals surface area contributed by atoms with Gasteiger partial charge in [-0.25, -0.2) is 14.4 Å². The molecule has 3 aromatic carbocycles. The van der Waals surface area contributed by atoms with Gasteiger partial charge in [-0.15, -0.1) is 0 Å². The Morgan fingerprint density at radius 1 is 0.795 bits per heavy atom. The fourth-order valence-electron chi connectivity index (χ4n) is 3.75. The molecule has 2 heterocycles. The molecule has 7 nitrogen and oxygen atoms in total. The lowest BCUT2D eigenvalue weighted by atomic mass is 10.1. The largest absolute Gasteiger partial charge is 0.489 e. The van der Waals surface area contributed by atoms with Crippen LogP contribution in [0.5, 0.6) is 5.75 Å². The third-order valence-electron chi connectivity index (χ3n) is 5.59. The summed E-state index contributed by atoms with van der Waals surface area (Å²) in [4.78, 5) is 17.3. The van der Waals surface area contributed by atoms with Gasteiger partial charge in [0, 0.05) is 12.1 Å². The third-order valence-corrected chi connectivity index (χ3v) is 5.59. The minimum atomic E-state index is -4.48. The molecule has 5 aromatic rings. The van der Waals surface area contributed by atoms with Gasteiger partial charge in [0.25, 0.3) is 0 Å². The molecule has 0 aliphatic rings. The first-order valence-electron chi connectivity index (χ1n) is 11.9. The molecule has 0 fully saturated rings. The summed E-state index contributed by atoms with van der Waals surface area (Å²) in [6.07, 6.45) is -3.05. The number of hydrogen-bond acceptors (Lipinski definition) is 7. The van der Waals surface area contributed by atoms with Gasteiger partial charge in [-0.3, -0.25) is 0 Å². The van der Waals surface area contributed by atoms with Crippen LogP contribution >= 0.6 is 0 Å². The van der Waals surface area contributed by atoms with E-state index in [4.69, 9.17) is 4.74 Å². The van der Waals surface area contributed by atoms with E-state index < -0.39 is 18.5 Å². The molecule has 0 unspecified atom stereocenters. The van der Waals surface area contributed by atoms with E-state index in [0.717, 1.165) is 16.9 Å². The van der Waals surface area contributed by atoms with Crippen molar-refractivity contribution >= 4 is 22.9 Å². The van der Waals surface area contributed by atoms with E-state index in [2.05, 4.69) is 30.6 Å². The Labute approximate surface area is 220 Å². The zero-order valence-electron chi connectivity index (χ0n) is 20.4. The Bertz CT molecular complexity index is 1560. The summed E-state index contributed by atoms with van der Waals surface area (Å²) in [7, 11) is 0. The topological polar surface area (TPSA) is 84.9 Å². The number of anilines is 2. The first kappa shape index (κ1) is 25.8. The molecule has 2 N–H and O–H groups in total. The number of aromatic nitrogens is 4. The van der Waals surface area contributed by atoms with Crippen molar-refractivity contribution in [2.45, 2.75) is 19.3 Å². The number of nitrogens with one attached hydrogen (secondary N) is 2. The summed E-state index contributed by atoms with van der Waals surface area (Å²) in [5.41, 5.74) is 2.90. The van der Waals surface area contributed by atoms with Crippen molar-refractivity contribution in [2.24, 2.45) is 0 Å². The van der Waals surface area contributed by atoms with Crippen LogP contribution in [0, 0.1) is 5.82 Å². The standard InChI is InChI=1S/C28H22F4N6O/c29-21-11-9-20(10-12-21)23-15-33-25-24(36-23)26(35-17-28(30,31)32)38-27(37-25)34-14-18-5-4-6-19(13-18)16-39-22-7-2-1-3-8-22/h1-13,15H,14,16-17H2,(H2,33,34,35,37,38). The van der Waals surface area contributed by atoms with Gasteiger partial charge in [-0.05, 0) is 47.5 Å². The first-order chi connectivity index (χ1) is 18.8. The van der Waals surface area contributed by atoms with E-state index in [1.54, 1.807) is 0 Å². The van der Waals surface area contributed by atoms with Crippen molar-refractivity contribution in [3.63, 3.8) is 0 Å². The van der Waals surface area contributed by atoms with Crippen LogP contribution in [0.3, 0.4) is 0 Å². The first-order valence-corrected chi connectivity index (χ1v) is 11.9. The molecule has 0 bridgehead atoms.